The fourth-order valence-corrected chi connectivity index (χ4v) is 1.95. The van der Waals surface area contributed by atoms with E-state index in [1.54, 1.807) is 0 Å². The van der Waals surface area contributed by atoms with Crippen molar-refractivity contribution >= 4 is 11.9 Å². The first kappa shape index (κ1) is 14.0. The van der Waals surface area contributed by atoms with Gasteiger partial charge in [0.05, 0.1) is 0 Å². The van der Waals surface area contributed by atoms with Crippen LogP contribution in [0.1, 0.15) is 51.9 Å². The van der Waals surface area contributed by atoms with Crippen LogP contribution in [-0.4, -0.2) is 36.5 Å². The lowest BCUT2D eigenvalue weighted by molar-refractivity contribution is -0.152. The third-order valence-electron chi connectivity index (χ3n) is 3.05. The molecule has 0 N–H and O–H groups in total. The predicted molar refractivity (Wildman–Crippen MR) is 65.5 cm³/mol. The van der Waals surface area contributed by atoms with Crippen LogP contribution >= 0.6 is 0 Å². The number of carbonyl (C=O) groups is 2. The summed E-state index contributed by atoms with van der Waals surface area (Å²) in [7, 11) is 0. The van der Waals surface area contributed by atoms with Gasteiger partial charge < -0.3 is 9.64 Å². The van der Waals surface area contributed by atoms with E-state index < -0.39 is 0 Å². The van der Waals surface area contributed by atoms with E-state index in [1.807, 2.05) is 11.8 Å². The average Bonchev–Trinajstić information content (AvgIpc) is 2.62. The fourth-order valence-electron chi connectivity index (χ4n) is 1.95. The predicted octanol–water partition coefficient (Wildman–Crippen LogP) is 2.12. The van der Waals surface area contributed by atoms with Gasteiger partial charge in [-0.15, -0.1) is 0 Å². The summed E-state index contributed by atoms with van der Waals surface area (Å²) in [4.78, 5) is 24.9. The number of rotatable bonds is 5. The van der Waals surface area contributed by atoms with Crippen LogP contribution in [0.15, 0.2) is 0 Å². The first-order valence-corrected chi connectivity index (χ1v) is 6.67. The normalized spacial score (nSPS) is 16.4. The van der Waals surface area contributed by atoms with Gasteiger partial charge in [-0.25, -0.2) is 0 Å². The lowest BCUT2D eigenvalue weighted by Gasteiger charge is -2.19. The van der Waals surface area contributed by atoms with Crippen LogP contribution in [0, 0.1) is 0 Å². The minimum Gasteiger partial charge on any atom is -0.456 e. The number of nitrogens with zero attached hydrogens (tertiary/aromatic N) is 1. The van der Waals surface area contributed by atoms with Crippen molar-refractivity contribution in [1.82, 2.24) is 4.90 Å². The number of likely N-dealkylation sites (tertiary alicyclic amines) is 1. The molecule has 0 aromatic rings. The molecule has 0 aromatic carbocycles. The van der Waals surface area contributed by atoms with E-state index in [4.69, 9.17) is 4.74 Å². The zero-order chi connectivity index (χ0) is 12.5. The van der Waals surface area contributed by atoms with Gasteiger partial charge in [0.2, 0.25) is 0 Å². The van der Waals surface area contributed by atoms with Gasteiger partial charge in [-0.2, -0.15) is 0 Å². The van der Waals surface area contributed by atoms with Gasteiger partial charge in [0.1, 0.15) is 0 Å². The number of esters is 1. The summed E-state index contributed by atoms with van der Waals surface area (Å²) in [5.41, 5.74) is 0. The average molecular weight is 241 g/mol. The minimum atomic E-state index is -0.255. The molecule has 0 atom stereocenters. The molecule has 1 rings (SSSR count). The molecule has 1 aliphatic heterocycles. The SMILES string of the molecule is CCCCC(=O)OCC(=O)N1CCCCCC1. The van der Waals surface area contributed by atoms with Gasteiger partial charge in [-0.1, -0.05) is 26.2 Å². The van der Waals surface area contributed by atoms with Gasteiger partial charge >= 0.3 is 5.97 Å². The molecule has 0 spiro atoms. The van der Waals surface area contributed by atoms with Crippen LogP contribution in [0.2, 0.25) is 0 Å². The molecule has 1 aliphatic rings. The molecule has 0 bridgehead atoms. The molecule has 4 heteroatoms. The molecular formula is C13H23NO3. The molecule has 1 saturated heterocycles. The zero-order valence-corrected chi connectivity index (χ0v) is 10.7. The highest BCUT2D eigenvalue weighted by Crippen LogP contribution is 2.09. The van der Waals surface area contributed by atoms with Crippen LogP contribution in [0.3, 0.4) is 0 Å². The van der Waals surface area contributed by atoms with Crippen LogP contribution in [-0.2, 0) is 14.3 Å². The highest BCUT2D eigenvalue weighted by Gasteiger charge is 2.16. The largest absolute Gasteiger partial charge is 0.456 e. The first-order valence-electron chi connectivity index (χ1n) is 6.67. The van der Waals surface area contributed by atoms with Gasteiger partial charge in [0.25, 0.3) is 5.91 Å². The van der Waals surface area contributed by atoms with Crippen LogP contribution < -0.4 is 0 Å². The van der Waals surface area contributed by atoms with Gasteiger partial charge in [0, 0.05) is 19.5 Å². The second-order valence-corrected chi connectivity index (χ2v) is 4.56. The van der Waals surface area contributed by atoms with Crippen molar-refractivity contribution in [2.24, 2.45) is 0 Å². The number of ether oxygens (including phenoxy) is 1. The summed E-state index contributed by atoms with van der Waals surface area (Å²) in [6.45, 7) is 3.56. The molecule has 0 unspecified atom stereocenters. The Balaban J connectivity index is 2.21. The lowest BCUT2D eigenvalue weighted by atomic mass is 10.2. The Kier molecular flexibility index (Phi) is 6.67. The third kappa shape index (κ3) is 5.71. The molecular weight excluding hydrogens is 218 g/mol. The van der Waals surface area contributed by atoms with Crippen LogP contribution in [0.25, 0.3) is 0 Å². The summed E-state index contributed by atoms with van der Waals surface area (Å²) >= 11 is 0. The topological polar surface area (TPSA) is 46.6 Å². The smallest absolute Gasteiger partial charge is 0.306 e. The Morgan fingerprint density at radius 3 is 2.35 bits per heavy atom. The summed E-state index contributed by atoms with van der Waals surface area (Å²) in [6, 6.07) is 0. The standard InChI is InChI=1S/C13H23NO3/c1-2-3-8-13(16)17-11-12(15)14-9-6-4-5-7-10-14/h2-11H2,1H3. The Morgan fingerprint density at radius 1 is 1.12 bits per heavy atom. The summed E-state index contributed by atoms with van der Waals surface area (Å²) in [5.74, 6) is -0.299. The van der Waals surface area contributed by atoms with Crippen molar-refractivity contribution in [3.05, 3.63) is 0 Å². The van der Waals surface area contributed by atoms with E-state index in [0.29, 0.717) is 6.42 Å². The Morgan fingerprint density at radius 2 is 1.76 bits per heavy atom. The third-order valence-corrected chi connectivity index (χ3v) is 3.05. The number of carbonyl (C=O) groups excluding carboxylic acids is 2. The summed E-state index contributed by atoms with van der Waals surface area (Å²) in [6.07, 6.45) is 6.74. The molecule has 4 nitrogen and oxygen atoms in total. The van der Waals surface area contributed by atoms with E-state index in [9.17, 15) is 9.59 Å². The highest BCUT2D eigenvalue weighted by atomic mass is 16.5. The lowest BCUT2D eigenvalue weighted by Crippen LogP contribution is -2.35. The number of unbranched alkanes of at least 4 members (excludes halogenated alkanes) is 1. The molecule has 0 radical (unpaired) electrons. The molecule has 0 aromatic heterocycles. The highest BCUT2D eigenvalue weighted by molar-refractivity contribution is 5.80. The number of hydrogen-bond donors (Lipinski definition) is 0. The molecule has 17 heavy (non-hydrogen) atoms. The van der Waals surface area contributed by atoms with Crippen molar-refractivity contribution < 1.29 is 14.3 Å². The maximum atomic E-state index is 11.8. The number of hydrogen-bond acceptors (Lipinski definition) is 3. The van der Waals surface area contributed by atoms with Crippen molar-refractivity contribution in [2.75, 3.05) is 19.7 Å². The van der Waals surface area contributed by atoms with Gasteiger partial charge in [0.15, 0.2) is 6.61 Å². The zero-order valence-electron chi connectivity index (χ0n) is 10.7. The van der Waals surface area contributed by atoms with Crippen molar-refractivity contribution in [2.45, 2.75) is 51.9 Å². The minimum absolute atomic E-state index is 0.0447. The summed E-state index contributed by atoms with van der Waals surface area (Å²) < 4.78 is 4.97. The molecule has 1 heterocycles. The van der Waals surface area contributed by atoms with Crippen LogP contribution in [0.4, 0.5) is 0 Å². The maximum absolute atomic E-state index is 11.8. The first-order chi connectivity index (χ1) is 8.24. The number of amides is 1. The van der Waals surface area contributed by atoms with Crippen LogP contribution in [0.5, 0.6) is 0 Å². The van der Waals surface area contributed by atoms with E-state index in [-0.39, 0.29) is 18.5 Å². The molecule has 0 aliphatic carbocycles. The molecule has 1 amide bonds. The molecule has 1 fully saturated rings. The van der Waals surface area contributed by atoms with E-state index in [1.165, 1.54) is 12.8 Å². The van der Waals surface area contributed by atoms with Crippen molar-refractivity contribution in [1.29, 1.82) is 0 Å². The summed E-state index contributed by atoms with van der Waals surface area (Å²) in [5, 5.41) is 0. The second kappa shape index (κ2) is 8.09. The monoisotopic (exact) mass is 241 g/mol. The van der Waals surface area contributed by atoms with Crippen molar-refractivity contribution in [3.8, 4) is 0 Å². The molecule has 0 saturated carbocycles. The maximum Gasteiger partial charge on any atom is 0.306 e. The Hall–Kier alpha value is -1.06. The van der Waals surface area contributed by atoms with Gasteiger partial charge in [-0.3, -0.25) is 9.59 Å². The Bertz CT molecular complexity index is 245. The quantitative estimate of drug-likeness (QED) is 0.693. The van der Waals surface area contributed by atoms with Gasteiger partial charge in [-0.05, 0) is 19.3 Å². The fraction of sp³-hybridized carbons (Fsp3) is 0.846. The van der Waals surface area contributed by atoms with E-state index in [0.717, 1.165) is 38.8 Å². The van der Waals surface area contributed by atoms with Crippen molar-refractivity contribution in [3.63, 3.8) is 0 Å². The second-order valence-electron chi connectivity index (χ2n) is 4.56. The Labute approximate surface area is 103 Å². The van der Waals surface area contributed by atoms with E-state index in [2.05, 4.69) is 0 Å². The van der Waals surface area contributed by atoms with E-state index >= 15 is 0 Å². The molecule has 98 valence electrons.